The molecule has 0 saturated heterocycles. The molecule has 0 radical (unpaired) electrons. The number of carbonyl (C=O) groups is 2. The first-order chi connectivity index (χ1) is 14.0. The SMILES string of the molecule is CCOC(=O)Cn1c(C)c(/C=N\NC(=O)[C@@H]2[C@H]3CCCC[C@@]32C)c2ccccc21. The van der Waals surface area contributed by atoms with Gasteiger partial charge in [0.1, 0.15) is 6.54 Å². The molecule has 1 heterocycles. The van der Waals surface area contributed by atoms with Gasteiger partial charge in [-0.3, -0.25) is 9.59 Å². The number of fused-ring (bicyclic) bond motifs is 2. The summed E-state index contributed by atoms with van der Waals surface area (Å²) in [7, 11) is 0. The van der Waals surface area contributed by atoms with E-state index in [1.54, 1.807) is 13.1 Å². The number of hydrazone groups is 1. The molecule has 3 atom stereocenters. The van der Waals surface area contributed by atoms with E-state index in [4.69, 9.17) is 4.74 Å². The Balaban J connectivity index is 1.53. The Bertz CT molecular complexity index is 977. The standard InChI is InChI=1S/C23H29N3O3/c1-4-29-20(27)14-26-15(2)17(16-9-5-6-11-19(16)26)13-24-25-22(28)21-18-10-7-8-12-23(18,21)3/h5-6,9,11,13,18,21H,4,7-8,10,12,14H2,1-3H3,(H,25,28)/b24-13-/t18-,21+,23+/m1/s1. The number of ether oxygens (including phenoxy) is 1. The molecular formula is C23H29N3O3. The normalized spacial score (nSPS) is 25.8. The molecule has 0 spiro atoms. The lowest BCUT2D eigenvalue weighted by molar-refractivity contribution is -0.143. The van der Waals surface area contributed by atoms with Gasteiger partial charge in [-0.2, -0.15) is 5.10 Å². The molecular weight excluding hydrogens is 366 g/mol. The number of nitrogens with one attached hydrogen (secondary N) is 1. The van der Waals surface area contributed by atoms with Crippen LogP contribution in [-0.2, 0) is 20.9 Å². The topological polar surface area (TPSA) is 72.7 Å². The highest BCUT2D eigenvalue weighted by molar-refractivity contribution is 6.01. The minimum atomic E-state index is -0.266. The maximum atomic E-state index is 12.6. The lowest BCUT2D eigenvalue weighted by atomic mass is 9.90. The smallest absolute Gasteiger partial charge is 0.325 e. The maximum Gasteiger partial charge on any atom is 0.325 e. The first-order valence-electron chi connectivity index (χ1n) is 10.5. The van der Waals surface area contributed by atoms with Crippen LogP contribution in [0.15, 0.2) is 29.4 Å². The van der Waals surface area contributed by atoms with E-state index in [0.717, 1.165) is 35.0 Å². The summed E-state index contributed by atoms with van der Waals surface area (Å²) in [4.78, 5) is 24.7. The third kappa shape index (κ3) is 3.45. The zero-order valence-corrected chi connectivity index (χ0v) is 17.4. The van der Waals surface area contributed by atoms with Crippen molar-refractivity contribution in [2.45, 2.75) is 53.0 Å². The van der Waals surface area contributed by atoms with Crippen molar-refractivity contribution in [3.8, 4) is 0 Å². The number of esters is 1. The highest BCUT2D eigenvalue weighted by Crippen LogP contribution is 2.66. The average molecular weight is 396 g/mol. The van der Waals surface area contributed by atoms with Crippen LogP contribution < -0.4 is 5.43 Å². The van der Waals surface area contributed by atoms with Crippen LogP contribution in [-0.4, -0.2) is 29.3 Å². The second-order valence-corrected chi connectivity index (χ2v) is 8.48. The first-order valence-corrected chi connectivity index (χ1v) is 10.5. The van der Waals surface area contributed by atoms with Crippen LogP contribution in [0.2, 0.25) is 0 Å². The van der Waals surface area contributed by atoms with Crippen molar-refractivity contribution in [2.24, 2.45) is 22.4 Å². The molecule has 4 rings (SSSR count). The summed E-state index contributed by atoms with van der Waals surface area (Å²) in [5.74, 6) is 0.370. The van der Waals surface area contributed by atoms with Crippen LogP contribution >= 0.6 is 0 Å². The van der Waals surface area contributed by atoms with Crippen LogP contribution in [0.3, 0.4) is 0 Å². The lowest BCUT2D eigenvalue weighted by Gasteiger charge is -2.15. The van der Waals surface area contributed by atoms with Crippen molar-refractivity contribution in [1.82, 2.24) is 9.99 Å². The molecule has 2 saturated carbocycles. The second-order valence-electron chi connectivity index (χ2n) is 8.48. The molecule has 1 aromatic carbocycles. The highest BCUT2D eigenvalue weighted by atomic mass is 16.5. The third-order valence-electron chi connectivity index (χ3n) is 6.85. The van der Waals surface area contributed by atoms with Gasteiger partial charge in [-0.15, -0.1) is 0 Å². The van der Waals surface area contributed by atoms with E-state index < -0.39 is 0 Å². The fourth-order valence-corrected chi connectivity index (χ4v) is 5.24. The molecule has 2 aliphatic rings. The van der Waals surface area contributed by atoms with E-state index in [9.17, 15) is 9.59 Å². The number of rotatable bonds is 6. The summed E-state index contributed by atoms with van der Waals surface area (Å²) >= 11 is 0. The predicted molar refractivity (Wildman–Crippen MR) is 113 cm³/mol. The first kappa shape index (κ1) is 19.7. The van der Waals surface area contributed by atoms with Crippen LogP contribution in [0.1, 0.15) is 50.8 Å². The molecule has 0 aliphatic heterocycles. The molecule has 0 bridgehead atoms. The molecule has 6 heteroatoms. The summed E-state index contributed by atoms with van der Waals surface area (Å²) in [5.41, 5.74) is 5.71. The quantitative estimate of drug-likeness (QED) is 0.459. The summed E-state index contributed by atoms with van der Waals surface area (Å²) in [5, 5.41) is 5.28. The summed E-state index contributed by atoms with van der Waals surface area (Å²) in [6.07, 6.45) is 6.44. The van der Waals surface area contributed by atoms with Gasteiger partial charge in [-0.05, 0) is 44.1 Å². The van der Waals surface area contributed by atoms with Crippen LogP contribution in [0, 0.1) is 24.2 Å². The Morgan fingerprint density at radius 2 is 2.14 bits per heavy atom. The van der Waals surface area contributed by atoms with E-state index in [0.29, 0.717) is 12.5 Å². The second kappa shape index (κ2) is 7.65. The van der Waals surface area contributed by atoms with Crippen molar-refractivity contribution < 1.29 is 14.3 Å². The highest BCUT2D eigenvalue weighted by Gasteiger charge is 2.64. The molecule has 1 amide bonds. The van der Waals surface area contributed by atoms with Gasteiger partial charge in [0, 0.05) is 28.1 Å². The van der Waals surface area contributed by atoms with Gasteiger partial charge in [0.25, 0.3) is 0 Å². The number of hydrogen-bond acceptors (Lipinski definition) is 4. The molecule has 29 heavy (non-hydrogen) atoms. The molecule has 2 fully saturated rings. The van der Waals surface area contributed by atoms with Crippen molar-refractivity contribution in [2.75, 3.05) is 6.61 Å². The van der Waals surface area contributed by atoms with E-state index in [1.165, 1.54) is 12.8 Å². The minimum absolute atomic E-state index is 0.0311. The Morgan fingerprint density at radius 1 is 1.34 bits per heavy atom. The van der Waals surface area contributed by atoms with Crippen LogP contribution in [0.25, 0.3) is 10.9 Å². The lowest BCUT2D eigenvalue weighted by Crippen LogP contribution is -2.22. The number of para-hydroxylation sites is 1. The number of nitrogens with zero attached hydrogens (tertiary/aromatic N) is 2. The fraction of sp³-hybridized carbons (Fsp3) is 0.522. The summed E-state index contributed by atoms with van der Waals surface area (Å²) in [6.45, 7) is 6.51. The molecule has 0 unspecified atom stereocenters. The van der Waals surface area contributed by atoms with Crippen molar-refractivity contribution in [3.05, 3.63) is 35.5 Å². The zero-order chi connectivity index (χ0) is 20.6. The maximum absolute atomic E-state index is 12.6. The number of aromatic nitrogens is 1. The molecule has 2 aliphatic carbocycles. The zero-order valence-electron chi connectivity index (χ0n) is 17.4. The van der Waals surface area contributed by atoms with Gasteiger partial charge < -0.3 is 9.30 Å². The number of amides is 1. The van der Waals surface area contributed by atoms with Crippen molar-refractivity contribution in [1.29, 1.82) is 0 Å². The van der Waals surface area contributed by atoms with Crippen LogP contribution in [0.4, 0.5) is 0 Å². The Kier molecular flexibility index (Phi) is 5.19. The molecule has 1 N–H and O–H groups in total. The van der Waals surface area contributed by atoms with Gasteiger partial charge in [0.2, 0.25) is 5.91 Å². The van der Waals surface area contributed by atoms with Gasteiger partial charge in [0.05, 0.1) is 12.8 Å². The van der Waals surface area contributed by atoms with E-state index >= 15 is 0 Å². The monoisotopic (exact) mass is 395 g/mol. The largest absolute Gasteiger partial charge is 0.465 e. The Labute approximate surface area is 171 Å². The van der Waals surface area contributed by atoms with E-state index in [2.05, 4.69) is 17.5 Å². The number of hydrogen-bond donors (Lipinski definition) is 1. The van der Waals surface area contributed by atoms with Gasteiger partial charge in [-0.1, -0.05) is 38.0 Å². The summed E-state index contributed by atoms with van der Waals surface area (Å²) in [6, 6.07) is 7.89. The van der Waals surface area contributed by atoms with Gasteiger partial charge in [0.15, 0.2) is 0 Å². The van der Waals surface area contributed by atoms with E-state index in [-0.39, 0.29) is 29.8 Å². The van der Waals surface area contributed by atoms with Gasteiger partial charge >= 0.3 is 5.97 Å². The number of carbonyl (C=O) groups excluding carboxylic acids is 2. The van der Waals surface area contributed by atoms with Crippen molar-refractivity contribution in [3.63, 3.8) is 0 Å². The average Bonchev–Trinajstić information content (AvgIpc) is 3.26. The van der Waals surface area contributed by atoms with Crippen LogP contribution in [0.5, 0.6) is 0 Å². The number of benzene rings is 1. The van der Waals surface area contributed by atoms with Gasteiger partial charge in [-0.25, -0.2) is 5.43 Å². The molecule has 1 aromatic heterocycles. The Morgan fingerprint density at radius 3 is 2.86 bits per heavy atom. The molecule has 6 nitrogen and oxygen atoms in total. The van der Waals surface area contributed by atoms with Crippen molar-refractivity contribution >= 4 is 29.0 Å². The predicted octanol–water partition coefficient (Wildman–Crippen LogP) is 3.79. The molecule has 154 valence electrons. The Hall–Kier alpha value is -2.63. The summed E-state index contributed by atoms with van der Waals surface area (Å²) < 4.78 is 7.05. The fourth-order valence-electron chi connectivity index (χ4n) is 5.24. The molecule has 2 aromatic rings. The van der Waals surface area contributed by atoms with E-state index in [1.807, 2.05) is 35.8 Å². The minimum Gasteiger partial charge on any atom is -0.465 e. The third-order valence-corrected chi connectivity index (χ3v) is 6.85.